The first kappa shape index (κ1) is 23.1. The highest BCUT2D eigenvalue weighted by molar-refractivity contribution is 5.83. The summed E-state index contributed by atoms with van der Waals surface area (Å²) in [6, 6.07) is 18.7. The average molecular weight is 449 g/mol. The number of aliphatic carboxylic acids is 1. The monoisotopic (exact) mass is 448 g/mol. The normalized spacial score (nSPS) is 18.2. The summed E-state index contributed by atoms with van der Waals surface area (Å²) in [6.07, 6.45) is 4.34. The molecule has 1 aromatic heterocycles. The molecule has 1 aliphatic rings. The van der Waals surface area contributed by atoms with Crippen LogP contribution < -0.4 is 4.74 Å². The Balaban J connectivity index is 1.54. The third-order valence-electron chi connectivity index (χ3n) is 6.53. The van der Waals surface area contributed by atoms with Gasteiger partial charge in [-0.25, -0.2) is 4.79 Å². The second-order valence-corrected chi connectivity index (χ2v) is 8.88. The second kappa shape index (κ2) is 10.7. The van der Waals surface area contributed by atoms with Gasteiger partial charge in [0.1, 0.15) is 12.4 Å². The fraction of sp³-hybridized carbons (Fsp3) is 0.407. The SMILES string of the molecule is COc1ccc(-c2c(C)nn(C[C@H]3CC[C@@H](COCC(=O)O)CC3)c2-c2ccccc2)cc1. The van der Waals surface area contributed by atoms with Gasteiger partial charge in [-0.1, -0.05) is 42.5 Å². The van der Waals surface area contributed by atoms with E-state index in [9.17, 15) is 4.79 Å². The molecule has 1 heterocycles. The van der Waals surface area contributed by atoms with E-state index in [1.807, 2.05) is 18.2 Å². The van der Waals surface area contributed by atoms with Crippen molar-refractivity contribution in [2.75, 3.05) is 20.3 Å². The van der Waals surface area contributed by atoms with E-state index in [1.165, 1.54) is 11.1 Å². The molecular formula is C27H32N2O4. The van der Waals surface area contributed by atoms with Gasteiger partial charge in [0.2, 0.25) is 0 Å². The van der Waals surface area contributed by atoms with E-state index in [2.05, 4.69) is 48.0 Å². The maximum Gasteiger partial charge on any atom is 0.329 e. The molecule has 1 fully saturated rings. The van der Waals surface area contributed by atoms with Gasteiger partial charge < -0.3 is 14.6 Å². The molecule has 0 unspecified atom stereocenters. The van der Waals surface area contributed by atoms with E-state index < -0.39 is 5.97 Å². The van der Waals surface area contributed by atoms with E-state index in [4.69, 9.17) is 19.7 Å². The van der Waals surface area contributed by atoms with E-state index in [0.29, 0.717) is 18.4 Å². The van der Waals surface area contributed by atoms with Gasteiger partial charge in [-0.2, -0.15) is 5.10 Å². The Kier molecular flexibility index (Phi) is 7.45. The zero-order valence-corrected chi connectivity index (χ0v) is 19.4. The first-order chi connectivity index (χ1) is 16.0. The quantitative estimate of drug-likeness (QED) is 0.472. The smallest absolute Gasteiger partial charge is 0.329 e. The highest BCUT2D eigenvalue weighted by Gasteiger charge is 2.25. The zero-order chi connectivity index (χ0) is 23.2. The Morgan fingerprint density at radius 3 is 2.30 bits per heavy atom. The Labute approximate surface area is 195 Å². The summed E-state index contributed by atoms with van der Waals surface area (Å²) in [7, 11) is 1.68. The topological polar surface area (TPSA) is 73.6 Å². The summed E-state index contributed by atoms with van der Waals surface area (Å²) in [4.78, 5) is 10.7. The van der Waals surface area contributed by atoms with Crippen molar-refractivity contribution in [3.8, 4) is 28.1 Å². The molecule has 0 bridgehead atoms. The third-order valence-corrected chi connectivity index (χ3v) is 6.53. The fourth-order valence-electron chi connectivity index (χ4n) is 4.84. The van der Waals surface area contributed by atoms with E-state index in [-0.39, 0.29) is 6.61 Å². The number of carbonyl (C=O) groups is 1. The van der Waals surface area contributed by atoms with E-state index in [1.54, 1.807) is 7.11 Å². The summed E-state index contributed by atoms with van der Waals surface area (Å²) >= 11 is 0. The van der Waals surface area contributed by atoms with Crippen LogP contribution in [0.3, 0.4) is 0 Å². The average Bonchev–Trinajstić information content (AvgIpc) is 3.16. The highest BCUT2D eigenvalue weighted by atomic mass is 16.5. The van der Waals surface area contributed by atoms with Crippen molar-refractivity contribution in [2.24, 2.45) is 11.8 Å². The molecule has 0 saturated heterocycles. The minimum absolute atomic E-state index is 0.207. The number of nitrogens with zero attached hydrogens (tertiary/aromatic N) is 2. The molecule has 1 aliphatic carbocycles. The van der Waals surface area contributed by atoms with Crippen LogP contribution in [-0.4, -0.2) is 41.2 Å². The van der Waals surface area contributed by atoms with Crippen LogP contribution in [0.1, 0.15) is 31.4 Å². The largest absolute Gasteiger partial charge is 0.497 e. The van der Waals surface area contributed by atoms with E-state index in [0.717, 1.165) is 54.9 Å². The van der Waals surface area contributed by atoms with Crippen molar-refractivity contribution >= 4 is 5.97 Å². The van der Waals surface area contributed by atoms with Crippen molar-refractivity contribution < 1.29 is 19.4 Å². The Bertz CT molecular complexity index is 1050. The van der Waals surface area contributed by atoms with Gasteiger partial charge in [0.25, 0.3) is 0 Å². The third kappa shape index (κ3) is 5.63. The number of hydrogen-bond donors (Lipinski definition) is 1. The molecule has 1 saturated carbocycles. The van der Waals surface area contributed by atoms with Crippen molar-refractivity contribution in [3.63, 3.8) is 0 Å². The molecule has 0 aliphatic heterocycles. The molecular weight excluding hydrogens is 416 g/mol. The van der Waals surface area contributed by atoms with Gasteiger partial charge in [-0.3, -0.25) is 4.68 Å². The minimum Gasteiger partial charge on any atom is -0.497 e. The standard InChI is InChI=1S/C27H32N2O4/c1-19-26(22-12-14-24(32-2)15-13-22)27(23-6-4-3-5-7-23)29(28-19)16-20-8-10-21(11-9-20)17-33-18-25(30)31/h3-7,12-15,20-21H,8-11,16-18H2,1-2H3,(H,30,31)/t20-,21+. The predicted molar refractivity (Wildman–Crippen MR) is 128 cm³/mol. The summed E-state index contributed by atoms with van der Waals surface area (Å²) in [5, 5.41) is 13.7. The fourth-order valence-corrected chi connectivity index (χ4v) is 4.84. The predicted octanol–water partition coefficient (Wildman–Crippen LogP) is 5.44. The summed E-state index contributed by atoms with van der Waals surface area (Å²) in [5.41, 5.74) is 5.65. The Morgan fingerprint density at radius 2 is 1.67 bits per heavy atom. The lowest BCUT2D eigenvalue weighted by atomic mass is 9.82. The molecule has 0 radical (unpaired) electrons. The molecule has 174 valence electrons. The van der Waals surface area contributed by atoms with Crippen LogP contribution in [-0.2, 0) is 16.1 Å². The van der Waals surface area contributed by atoms with Crippen LogP contribution in [0.25, 0.3) is 22.4 Å². The summed E-state index contributed by atoms with van der Waals surface area (Å²) in [6.45, 7) is 3.29. The first-order valence-corrected chi connectivity index (χ1v) is 11.6. The van der Waals surface area contributed by atoms with Crippen molar-refractivity contribution in [2.45, 2.75) is 39.2 Å². The van der Waals surface area contributed by atoms with Crippen molar-refractivity contribution in [1.29, 1.82) is 0 Å². The number of methoxy groups -OCH3 is 1. The Morgan fingerprint density at radius 1 is 1.00 bits per heavy atom. The molecule has 4 rings (SSSR count). The van der Waals surface area contributed by atoms with Crippen LogP contribution in [0.2, 0.25) is 0 Å². The number of carboxylic acids is 1. The maximum absolute atomic E-state index is 10.7. The van der Waals surface area contributed by atoms with Crippen LogP contribution in [0.15, 0.2) is 54.6 Å². The number of benzene rings is 2. The molecule has 3 aromatic rings. The maximum atomic E-state index is 10.7. The van der Waals surface area contributed by atoms with Gasteiger partial charge in [0.15, 0.2) is 0 Å². The number of rotatable bonds is 9. The van der Waals surface area contributed by atoms with Crippen LogP contribution in [0, 0.1) is 18.8 Å². The molecule has 0 amide bonds. The van der Waals surface area contributed by atoms with Gasteiger partial charge in [-0.15, -0.1) is 0 Å². The van der Waals surface area contributed by atoms with E-state index >= 15 is 0 Å². The van der Waals surface area contributed by atoms with Gasteiger partial charge in [0, 0.05) is 17.7 Å². The molecule has 6 nitrogen and oxygen atoms in total. The summed E-state index contributed by atoms with van der Waals surface area (Å²) in [5.74, 6) is 0.933. The van der Waals surface area contributed by atoms with Gasteiger partial charge in [0.05, 0.1) is 25.1 Å². The molecule has 33 heavy (non-hydrogen) atoms. The number of hydrogen-bond acceptors (Lipinski definition) is 4. The number of aromatic nitrogens is 2. The first-order valence-electron chi connectivity index (χ1n) is 11.6. The molecule has 6 heteroatoms. The highest BCUT2D eigenvalue weighted by Crippen LogP contribution is 2.37. The van der Waals surface area contributed by atoms with Crippen molar-refractivity contribution in [3.05, 3.63) is 60.3 Å². The summed E-state index contributed by atoms with van der Waals surface area (Å²) < 4.78 is 12.9. The van der Waals surface area contributed by atoms with Crippen LogP contribution in [0.4, 0.5) is 0 Å². The molecule has 2 aromatic carbocycles. The molecule has 1 N–H and O–H groups in total. The Hall–Kier alpha value is -3.12. The minimum atomic E-state index is -0.904. The number of aryl methyl sites for hydroxylation is 1. The second-order valence-electron chi connectivity index (χ2n) is 8.88. The van der Waals surface area contributed by atoms with Gasteiger partial charge >= 0.3 is 5.97 Å². The number of carboxylic acid groups (broad SMARTS) is 1. The lowest BCUT2D eigenvalue weighted by Gasteiger charge is -2.28. The lowest BCUT2D eigenvalue weighted by Crippen LogP contribution is -2.23. The number of ether oxygens (including phenoxy) is 2. The van der Waals surface area contributed by atoms with Crippen LogP contribution in [0.5, 0.6) is 5.75 Å². The van der Waals surface area contributed by atoms with Crippen molar-refractivity contribution in [1.82, 2.24) is 9.78 Å². The molecule has 0 spiro atoms. The van der Waals surface area contributed by atoms with Crippen LogP contribution >= 0.6 is 0 Å². The molecule has 0 atom stereocenters. The van der Waals surface area contributed by atoms with Gasteiger partial charge in [-0.05, 0) is 62.1 Å². The zero-order valence-electron chi connectivity index (χ0n) is 19.4. The lowest BCUT2D eigenvalue weighted by molar-refractivity contribution is -0.142.